The summed E-state index contributed by atoms with van der Waals surface area (Å²) in [6.07, 6.45) is 8.24. The molecule has 0 aromatic heterocycles. The Morgan fingerprint density at radius 3 is 2.61 bits per heavy atom. The van der Waals surface area contributed by atoms with Crippen LogP contribution in [0.1, 0.15) is 66.2 Å². The highest BCUT2D eigenvalue weighted by molar-refractivity contribution is 4.76. The van der Waals surface area contributed by atoms with Crippen molar-refractivity contribution in [2.45, 2.75) is 78.3 Å². The van der Waals surface area contributed by atoms with E-state index in [1.807, 2.05) is 0 Å². The van der Waals surface area contributed by atoms with Crippen LogP contribution in [0.15, 0.2) is 0 Å². The van der Waals surface area contributed by atoms with Crippen molar-refractivity contribution in [1.29, 1.82) is 0 Å². The molecule has 2 atom stereocenters. The summed E-state index contributed by atoms with van der Waals surface area (Å²) in [6.45, 7) is 13.0. The summed E-state index contributed by atoms with van der Waals surface area (Å²) >= 11 is 0. The molecule has 2 heteroatoms. The summed E-state index contributed by atoms with van der Waals surface area (Å²) in [4.78, 5) is 2.70. The third-order valence-electron chi connectivity index (χ3n) is 4.29. The van der Waals surface area contributed by atoms with Crippen LogP contribution in [0.2, 0.25) is 0 Å². The highest BCUT2D eigenvalue weighted by Crippen LogP contribution is 2.18. The van der Waals surface area contributed by atoms with Crippen LogP contribution in [0.5, 0.6) is 0 Å². The zero-order valence-corrected chi connectivity index (χ0v) is 13.0. The van der Waals surface area contributed by atoms with Crippen molar-refractivity contribution in [3.05, 3.63) is 0 Å². The van der Waals surface area contributed by atoms with E-state index in [9.17, 15) is 0 Å². The molecule has 0 aliphatic carbocycles. The molecule has 0 spiro atoms. The molecule has 2 unspecified atom stereocenters. The number of nitrogens with one attached hydrogen (secondary N) is 1. The number of hydrogen-bond acceptors (Lipinski definition) is 2. The van der Waals surface area contributed by atoms with E-state index >= 15 is 0 Å². The van der Waals surface area contributed by atoms with Gasteiger partial charge in [0, 0.05) is 25.2 Å². The van der Waals surface area contributed by atoms with Crippen LogP contribution in [0.4, 0.5) is 0 Å². The lowest BCUT2D eigenvalue weighted by atomic mass is 10.00. The monoisotopic (exact) mass is 254 g/mol. The van der Waals surface area contributed by atoms with Gasteiger partial charge in [-0.1, -0.05) is 27.2 Å². The van der Waals surface area contributed by atoms with Crippen molar-refractivity contribution in [2.24, 2.45) is 5.92 Å². The lowest BCUT2D eigenvalue weighted by Gasteiger charge is -2.35. The SMILES string of the molecule is CCC1CCCCN1CCNC(C)CCC(C)C. The van der Waals surface area contributed by atoms with Crippen molar-refractivity contribution in [1.82, 2.24) is 10.2 Å². The maximum absolute atomic E-state index is 3.69. The first-order chi connectivity index (χ1) is 8.63. The minimum absolute atomic E-state index is 0.678. The molecule has 0 saturated carbocycles. The van der Waals surface area contributed by atoms with Gasteiger partial charge in [0.2, 0.25) is 0 Å². The highest BCUT2D eigenvalue weighted by Gasteiger charge is 2.19. The van der Waals surface area contributed by atoms with Crippen molar-refractivity contribution in [3.8, 4) is 0 Å². The maximum Gasteiger partial charge on any atom is 0.0110 e. The summed E-state index contributed by atoms with van der Waals surface area (Å²) in [6, 6.07) is 1.53. The average molecular weight is 254 g/mol. The minimum atomic E-state index is 0.678. The quantitative estimate of drug-likeness (QED) is 0.711. The molecule has 2 nitrogen and oxygen atoms in total. The summed E-state index contributed by atoms with van der Waals surface area (Å²) in [7, 11) is 0. The molecule has 0 aromatic rings. The molecule has 1 saturated heterocycles. The Hall–Kier alpha value is -0.0800. The Labute approximate surface area is 115 Å². The van der Waals surface area contributed by atoms with E-state index in [0.29, 0.717) is 6.04 Å². The zero-order chi connectivity index (χ0) is 13.4. The second kappa shape index (κ2) is 8.92. The summed E-state index contributed by atoms with van der Waals surface area (Å²) in [5.74, 6) is 0.834. The van der Waals surface area contributed by atoms with Crippen LogP contribution < -0.4 is 5.32 Å². The lowest BCUT2D eigenvalue weighted by molar-refractivity contribution is 0.143. The lowest BCUT2D eigenvalue weighted by Crippen LogP contribution is -2.43. The van der Waals surface area contributed by atoms with Crippen LogP contribution in [-0.2, 0) is 0 Å². The topological polar surface area (TPSA) is 15.3 Å². The molecule has 1 N–H and O–H groups in total. The zero-order valence-electron chi connectivity index (χ0n) is 13.0. The molecule has 1 rings (SSSR count). The van der Waals surface area contributed by atoms with Gasteiger partial charge in [-0.05, 0) is 51.5 Å². The van der Waals surface area contributed by atoms with E-state index in [0.717, 1.165) is 18.5 Å². The molecule has 1 aliphatic heterocycles. The number of nitrogens with zero attached hydrogens (tertiary/aromatic N) is 1. The molecule has 0 aromatic carbocycles. The van der Waals surface area contributed by atoms with Gasteiger partial charge in [0.05, 0.1) is 0 Å². The number of piperidine rings is 1. The van der Waals surface area contributed by atoms with Gasteiger partial charge in [0.15, 0.2) is 0 Å². The first kappa shape index (κ1) is 16.0. The maximum atomic E-state index is 3.69. The van der Waals surface area contributed by atoms with E-state index in [-0.39, 0.29) is 0 Å². The van der Waals surface area contributed by atoms with Gasteiger partial charge in [-0.15, -0.1) is 0 Å². The molecule has 0 bridgehead atoms. The molecule has 0 amide bonds. The molecular formula is C16H34N2. The van der Waals surface area contributed by atoms with Gasteiger partial charge in [0.1, 0.15) is 0 Å². The van der Waals surface area contributed by atoms with Gasteiger partial charge in [-0.2, -0.15) is 0 Å². The highest BCUT2D eigenvalue weighted by atomic mass is 15.2. The second-order valence-corrected chi connectivity index (χ2v) is 6.42. The van der Waals surface area contributed by atoms with Crippen molar-refractivity contribution in [2.75, 3.05) is 19.6 Å². The van der Waals surface area contributed by atoms with Gasteiger partial charge in [-0.3, -0.25) is 4.90 Å². The first-order valence-electron chi connectivity index (χ1n) is 8.11. The fourth-order valence-electron chi connectivity index (χ4n) is 2.96. The van der Waals surface area contributed by atoms with Crippen LogP contribution in [0, 0.1) is 5.92 Å². The molecule has 0 radical (unpaired) electrons. The molecule has 1 fully saturated rings. The molecular weight excluding hydrogens is 220 g/mol. The van der Waals surface area contributed by atoms with E-state index in [1.165, 1.54) is 51.6 Å². The third-order valence-corrected chi connectivity index (χ3v) is 4.29. The van der Waals surface area contributed by atoms with Gasteiger partial charge in [0.25, 0.3) is 0 Å². The Morgan fingerprint density at radius 2 is 1.94 bits per heavy atom. The van der Waals surface area contributed by atoms with Crippen molar-refractivity contribution < 1.29 is 0 Å². The Bertz CT molecular complexity index is 203. The van der Waals surface area contributed by atoms with Crippen LogP contribution in [0.3, 0.4) is 0 Å². The van der Waals surface area contributed by atoms with Gasteiger partial charge in [-0.25, -0.2) is 0 Å². The van der Waals surface area contributed by atoms with Crippen LogP contribution in [0.25, 0.3) is 0 Å². The van der Waals surface area contributed by atoms with Crippen molar-refractivity contribution in [3.63, 3.8) is 0 Å². The van der Waals surface area contributed by atoms with E-state index < -0.39 is 0 Å². The second-order valence-electron chi connectivity index (χ2n) is 6.42. The van der Waals surface area contributed by atoms with E-state index in [4.69, 9.17) is 0 Å². The fraction of sp³-hybridized carbons (Fsp3) is 1.00. The number of rotatable bonds is 8. The van der Waals surface area contributed by atoms with Gasteiger partial charge < -0.3 is 5.32 Å². The molecule has 1 aliphatic rings. The standard InChI is InChI=1S/C16H34N2/c1-5-16-8-6-7-12-18(16)13-11-17-15(4)10-9-14(2)3/h14-17H,5-13H2,1-4H3. The van der Waals surface area contributed by atoms with Crippen LogP contribution >= 0.6 is 0 Å². The van der Waals surface area contributed by atoms with Gasteiger partial charge >= 0.3 is 0 Å². The Balaban J connectivity index is 2.12. The molecule has 18 heavy (non-hydrogen) atoms. The summed E-state index contributed by atoms with van der Waals surface area (Å²) in [5, 5.41) is 3.69. The van der Waals surface area contributed by atoms with E-state index in [2.05, 4.69) is 37.9 Å². The number of likely N-dealkylation sites (tertiary alicyclic amines) is 1. The largest absolute Gasteiger partial charge is 0.313 e. The predicted octanol–water partition coefficient (Wildman–Crippen LogP) is 3.67. The average Bonchev–Trinajstić information content (AvgIpc) is 2.37. The smallest absolute Gasteiger partial charge is 0.0110 e. The van der Waals surface area contributed by atoms with E-state index in [1.54, 1.807) is 0 Å². The fourth-order valence-corrected chi connectivity index (χ4v) is 2.96. The first-order valence-corrected chi connectivity index (χ1v) is 8.11. The van der Waals surface area contributed by atoms with Crippen molar-refractivity contribution >= 4 is 0 Å². The minimum Gasteiger partial charge on any atom is -0.313 e. The predicted molar refractivity (Wildman–Crippen MR) is 81.0 cm³/mol. The molecule has 1 heterocycles. The Morgan fingerprint density at radius 1 is 1.17 bits per heavy atom. The third kappa shape index (κ3) is 6.19. The molecule has 108 valence electrons. The normalized spacial score (nSPS) is 23.5. The summed E-state index contributed by atoms with van der Waals surface area (Å²) in [5.41, 5.74) is 0. The number of hydrogen-bond donors (Lipinski definition) is 1. The Kier molecular flexibility index (Phi) is 7.92. The summed E-state index contributed by atoms with van der Waals surface area (Å²) < 4.78 is 0. The van der Waals surface area contributed by atoms with Crippen LogP contribution in [-0.4, -0.2) is 36.6 Å².